The number of hydrogen-bond donors (Lipinski definition) is 1. The third-order valence-corrected chi connectivity index (χ3v) is 4.69. The van der Waals surface area contributed by atoms with E-state index in [1.165, 1.54) is 24.8 Å². The first kappa shape index (κ1) is 13.6. The molecule has 1 N–H and O–H groups in total. The number of rotatable bonds is 5. The summed E-state index contributed by atoms with van der Waals surface area (Å²) in [6, 6.07) is 1.09. The molecular weight excluding hydrogens is 222 g/mol. The van der Waals surface area contributed by atoms with Gasteiger partial charge in [-0.25, -0.2) is 0 Å². The van der Waals surface area contributed by atoms with E-state index in [1.54, 1.807) is 0 Å². The summed E-state index contributed by atoms with van der Waals surface area (Å²) in [6.07, 6.45) is 8.19. The maximum Gasteiger partial charge on any atom is 0.0537 e. The average Bonchev–Trinajstić information content (AvgIpc) is 2.97. The quantitative estimate of drug-likeness (QED) is 0.867. The minimum Gasteiger partial charge on any atom is -0.307 e. The van der Waals surface area contributed by atoms with Crippen LogP contribution in [0.25, 0.3) is 0 Å². The summed E-state index contributed by atoms with van der Waals surface area (Å²) < 4.78 is 2.00. The molecule has 18 heavy (non-hydrogen) atoms. The first-order valence-corrected chi connectivity index (χ1v) is 7.44. The van der Waals surface area contributed by atoms with Gasteiger partial charge in [-0.2, -0.15) is 5.10 Å². The highest BCUT2D eigenvalue weighted by atomic mass is 15.3. The summed E-state index contributed by atoms with van der Waals surface area (Å²) >= 11 is 0. The van der Waals surface area contributed by atoms with Crippen molar-refractivity contribution in [1.82, 2.24) is 15.1 Å². The van der Waals surface area contributed by atoms with Gasteiger partial charge in [0.05, 0.1) is 6.20 Å². The monoisotopic (exact) mass is 249 g/mol. The molecule has 1 saturated carbocycles. The molecule has 2 rings (SSSR count). The summed E-state index contributed by atoms with van der Waals surface area (Å²) in [5, 5.41) is 8.15. The molecule has 1 fully saturated rings. The van der Waals surface area contributed by atoms with E-state index in [2.05, 4.69) is 44.3 Å². The first-order chi connectivity index (χ1) is 8.65. The Morgan fingerprint density at radius 2 is 2.22 bits per heavy atom. The van der Waals surface area contributed by atoms with Gasteiger partial charge in [-0.3, -0.25) is 4.68 Å². The van der Waals surface area contributed by atoms with E-state index >= 15 is 0 Å². The zero-order valence-electron chi connectivity index (χ0n) is 12.2. The molecule has 4 unspecified atom stereocenters. The predicted octanol–water partition coefficient (Wildman–Crippen LogP) is 3.38. The Labute approximate surface area is 111 Å². The van der Waals surface area contributed by atoms with Crippen molar-refractivity contribution in [1.29, 1.82) is 0 Å². The van der Waals surface area contributed by atoms with Crippen molar-refractivity contribution in [3.8, 4) is 0 Å². The van der Waals surface area contributed by atoms with Crippen LogP contribution in [0.1, 0.15) is 58.6 Å². The third-order valence-electron chi connectivity index (χ3n) is 4.69. The lowest BCUT2D eigenvalue weighted by Crippen LogP contribution is -2.34. The van der Waals surface area contributed by atoms with Crippen LogP contribution >= 0.6 is 0 Å². The maximum absolute atomic E-state index is 4.36. The Kier molecular flexibility index (Phi) is 4.44. The van der Waals surface area contributed by atoms with Gasteiger partial charge in [0, 0.05) is 30.4 Å². The lowest BCUT2D eigenvalue weighted by Gasteiger charge is -2.24. The van der Waals surface area contributed by atoms with E-state index in [0.29, 0.717) is 12.1 Å². The largest absolute Gasteiger partial charge is 0.307 e. The van der Waals surface area contributed by atoms with E-state index in [1.807, 2.05) is 10.9 Å². The van der Waals surface area contributed by atoms with Crippen LogP contribution in [0.4, 0.5) is 0 Å². The molecule has 1 aliphatic rings. The molecule has 0 saturated heterocycles. The predicted molar refractivity (Wildman–Crippen MR) is 75.4 cm³/mol. The van der Waals surface area contributed by atoms with E-state index in [0.717, 1.165) is 18.4 Å². The normalized spacial score (nSPS) is 29.7. The molecule has 0 spiro atoms. The minimum atomic E-state index is 0.411. The zero-order chi connectivity index (χ0) is 13.1. The molecule has 1 heterocycles. The Bertz CT molecular complexity index is 372. The fourth-order valence-corrected chi connectivity index (χ4v) is 3.25. The summed E-state index contributed by atoms with van der Waals surface area (Å²) in [4.78, 5) is 0. The molecule has 0 bridgehead atoms. The van der Waals surface area contributed by atoms with Crippen molar-refractivity contribution in [3.05, 3.63) is 18.0 Å². The van der Waals surface area contributed by atoms with E-state index in [-0.39, 0.29) is 0 Å². The second-order valence-electron chi connectivity index (χ2n) is 5.73. The van der Waals surface area contributed by atoms with Crippen molar-refractivity contribution in [3.63, 3.8) is 0 Å². The molecule has 0 aliphatic heterocycles. The number of hydrogen-bond acceptors (Lipinski definition) is 2. The van der Waals surface area contributed by atoms with Crippen LogP contribution in [-0.2, 0) is 6.54 Å². The average molecular weight is 249 g/mol. The van der Waals surface area contributed by atoms with Gasteiger partial charge in [0.15, 0.2) is 0 Å². The highest BCUT2D eigenvalue weighted by molar-refractivity contribution is 5.10. The summed E-state index contributed by atoms with van der Waals surface area (Å²) in [5.74, 6) is 1.71. The van der Waals surface area contributed by atoms with Crippen molar-refractivity contribution < 1.29 is 0 Å². The van der Waals surface area contributed by atoms with Crippen LogP contribution in [0.5, 0.6) is 0 Å². The van der Waals surface area contributed by atoms with Crippen molar-refractivity contribution in [2.24, 2.45) is 11.8 Å². The first-order valence-electron chi connectivity index (χ1n) is 7.44. The van der Waals surface area contributed by atoms with Gasteiger partial charge in [0.25, 0.3) is 0 Å². The maximum atomic E-state index is 4.36. The second kappa shape index (κ2) is 5.87. The number of nitrogens with one attached hydrogen (secondary N) is 1. The topological polar surface area (TPSA) is 29.9 Å². The molecule has 1 aromatic rings. The Morgan fingerprint density at radius 3 is 2.78 bits per heavy atom. The zero-order valence-corrected chi connectivity index (χ0v) is 12.2. The fraction of sp³-hybridized carbons (Fsp3) is 0.800. The van der Waals surface area contributed by atoms with E-state index < -0.39 is 0 Å². The molecule has 102 valence electrons. The lowest BCUT2D eigenvalue weighted by atomic mass is 9.93. The number of aromatic nitrogens is 2. The van der Waals surface area contributed by atoms with Crippen molar-refractivity contribution in [2.45, 2.75) is 65.6 Å². The summed E-state index contributed by atoms with van der Waals surface area (Å²) in [5.41, 5.74) is 1.31. The van der Waals surface area contributed by atoms with Crippen molar-refractivity contribution >= 4 is 0 Å². The summed E-state index contributed by atoms with van der Waals surface area (Å²) in [6.45, 7) is 10.0. The van der Waals surface area contributed by atoms with Gasteiger partial charge in [0.2, 0.25) is 0 Å². The van der Waals surface area contributed by atoms with Crippen LogP contribution in [0.15, 0.2) is 12.4 Å². The molecule has 0 amide bonds. The van der Waals surface area contributed by atoms with Crippen molar-refractivity contribution in [2.75, 3.05) is 0 Å². The van der Waals surface area contributed by atoms with Crippen LogP contribution in [-0.4, -0.2) is 15.8 Å². The summed E-state index contributed by atoms with van der Waals surface area (Å²) in [7, 11) is 0. The van der Waals surface area contributed by atoms with Gasteiger partial charge in [0.1, 0.15) is 0 Å². The van der Waals surface area contributed by atoms with Gasteiger partial charge < -0.3 is 5.32 Å². The third kappa shape index (κ3) is 2.77. The van der Waals surface area contributed by atoms with Crippen LogP contribution in [0.3, 0.4) is 0 Å². The number of aryl methyl sites for hydroxylation is 1. The second-order valence-corrected chi connectivity index (χ2v) is 5.73. The Hall–Kier alpha value is -0.830. The molecule has 0 aromatic carbocycles. The molecule has 3 heteroatoms. The van der Waals surface area contributed by atoms with Crippen LogP contribution in [0, 0.1) is 11.8 Å². The van der Waals surface area contributed by atoms with Crippen LogP contribution < -0.4 is 5.32 Å². The van der Waals surface area contributed by atoms with Gasteiger partial charge in [-0.05, 0) is 38.5 Å². The SMILES string of the molecule is CCC1CCC(NC(C)c2cnn(CC)c2)C1C. The van der Waals surface area contributed by atoms with E-state index in [4.69, 9.17) is 0 Å². The number of nitrogens with zero attached hydrogens (tertiary/aromatic N) is 2. The smallest absolute Gasteiger partial charge is 0.0537 e. The highest BCUT2D eigenvalue weighted by Crippen LogP contribution is 2.35. The van der Waals surface area contributed by atoms with Crippen LogP contribution in [0.2, 0.25) is 0 Å². The molecule has 0 radical (unpaired) electrons. The minimum absolute atomic E-state index is 0.411. The van der Waals surface area contributed by atoms with Gasteiger partial charge in [-0.15, -0.1) is 0 Å². The molecule has 1 aliphatic carbocycles. The molecule has 1 aromatic heterocycles. The highest BCUT2D eigenvalue weighted by Gasteiger charge is 2.32. The van der Waals surface area contributed by atoms with Gasteiger partial charge >= 0.3 is 0 Å². The van der Waals surface area contributed by atoms with Gasteiger partial charge in [-0.1, -0.05) is 20.3 Å². The Morgan fingerprint density at radius 1 is 1.44 bits per heavy atom. The fourth-order valence-electron chi connectivity index (χ4n) is 3.25. The molecule has 4 atom stereocenters. The lowest BCUT2D eigenvalue weighted by molar-refractivity contribution is 0.327. The molecule has 3 nitrogen and oxygen atoms in total. The Balaban J connectivity index is 1.93. The molecular formula is C15H27N3. The van der Waals surface area contributed by atoms with E-state index in [9.17, 15) is 0 Å². The standard InChI is InChI=1S/C15H27N3/c1-5-13-7-8-15(11(13)3)17-12(4)14-9-16-18(6-2)10-14/h9-13,15,17H,5-8H2,1-4H3.